The van der Waals surface area contributed by atoms with E-state index in [9.17, 15) is 27.6 Å². The fraction of sp³-hybridized carbons (Fsp3) is 0.524. The zero-order valence-electron chi connectivity index (χ0n) is 17.8. The molecule has 0 aliphatic heterocycles. The van der Waals surface area contributed by atoms with E-state index in [4.69, 9.17) is 16.3 Å². The molecule has 1 fully saturated rings. The molecule has 31 heavy (non-hydrogen) atoms. The van der Waals surface area contributed by atoms with Gasteiger partial charge >= 0.3 is 0 Å². The Hall–Kier alpha value is -2.26. The summed E-state index contributed by atoms with van der Waals surface area (Å²) in [6.45, 7) is 5.42. The molecule has 1 saturated carbocycles. The van der Waals surface area contributed by atoms with Crippen LogP contribution in [0.4, 0.5) is 0 Å². The van der Waals surface area contributed by atoms with Crippen molar-refractivity contribution >= 4 is 44.7 Å². The van der Waals surface area contributed by atoms with Crippen molar-refractivity contribution in [1.82, 2.24) is 4.90 Å². The predicted molar refractivity (Wildman–Crippen MR) is 114 cm³/mol. The van der Waals surface area contributed by atoms with Gasteiger partial charge in [-0.3, -0.25) is 19.2 Å². The van der Waals surface area contributed by atoms with Gasteiger partial charge in [-0.1, -0.05) is 18.5 Å². The molecule has 1 aliphatic rings. The number of carbonyl (C=O) groups is 4. The van der Waals surface area contributed by atoms with Crippen molar-refractivity contribution < 1.29 is 32.3 Å². The molecule has 1 aliphatic carbocycles. The van der Waals surface area contributed by atoms with Gasteiger partial charge < -0.3 is 9.64 Å². The molecule has 10 heteroatoms. The molecule has 0 aromatic heterocycles. The van der Waals surface area contributed by atoms with E-state index in [1.54, 1.807) is 13.8 Å². The summed E-state index contributed by atoms with van der Waals surface area (Å²) >= 11 is 6.36. The smallest absolute Gasteiger partial charge is 0.260 e. The maximum Gasteiger partial charge on any atom is 0.260 e. The van der Waals surface area contributed by atoms with Crippen LogP contribution >= 0.6 is 11.6 Å². The van der Waals surface area contributed by atoms with Crippen LogP contribution < -0.4 is 4.74 Å². The number of hydrogen-bond acceptors (Lipinski definition) is 7. The number of Topliss-reactive ketones (excluding diaryl/α,β-unsaturated/α-hetero) is 3. The number of nitrogens with zero attached hydrogens (tertiary/aromatic N) is 1. The standard InChI is InChI=1S/C21H26ClNO7S/c1-4-23(5-2)17(26)12-30-21-16(31(28,29)6-3)11-10-13(19(21)22)20(27)18-14(24)8-7-9-15(18)25/h10-11,18H,4-9,12H2,1-3H3. The summed E-state index contributed by atoms with van der Waals surface area (Å²) in [5.74, 6) is -4.18. The second kappa shape index (κ2) is 10.4. The lowest BCUT2D eigenvalue weighted by Gasteiger charge is -2.22. The van der Waals surface area contributed by atoms with E-state index in [1.165, 1.54) is 17.9 Å². The highest BCUT2D eigenvalue weighted by molar-refractivity contribution is 7.91. The Morgan fingerprint density at radius 1 is 1.10 bits per heavy atom. The van der Waals surface area contributed by atoms with Crippen LogP contribution in [0.2, 0.25) is 5.02 Å². The SMILES string of the molecule is CCN(CC)C(=O)COc1c(S(=O)(=O)CC)ccc(C(=O)C2C(=O)CCCC2=O)c1Cl. The summed E-state index contributed by atoms with van der Waals surface area (Å²) in [6.07, 6.45) is 0.623. The molecule has 0 spiro atoms. The van der Waals surface area contributed by atoms with Crippen LogP contribution in [0.3, 0.4) is 0 Å². The number of likely N-dealkylation sites (N-methyl/N-ethyl adjacent to an activating group) is 1. The Balaban J connectivity index is 2.50. The molecule has 0 bridgehead atoms. The van der Waals surface area contributed by atoms with E-state index in [2.05, 4.69) is 0 Å². The van der Waals surface area contributed by atoms with E-state index < -0.39 is 39.7 Å². The maximum absolute atomic E-state index is 13.0. The van der Waals surface area contributed by atoms with Crippen LogP contribution in [0, 0.1) is 5.92 Å². The molecule has 2 rings (SSSR count). The highest BCUT2D eigenvalue weighted by Gasteiger charge is 2.38. The molecular weight excluding hydrogens is 446 g/mol. The van der Waals surface area contributed by atoms with Crippen molar-refractivity contribution in [3.8, 4) is 5.75 Å². The summed E-state index contributed by atoms with van der Waals surface area (Å²) in [4.78, 5) is 50.9. The van der Waals surface area contributed by atoms with Gasteiger partial charge in [0.15, 0.2) is 39.5 Å². The molecule has 0 heterocycles. The number of carbonyl (C=O) groups excluding carboxylic acids is 4. The van der Waals surface area contributed by atoms with Crippen LogP contribution in [-0.2, 0) is 24.2 Å². The first-order chi connectivity index (χ1) is 14.6. The maximum atomic E-state index is 13.0. The van der Waals surface area contributed by atoms with E-state index in [0.717, 1.165) is 6.07 Å². The summed E-state index contributed by atoms with van der Waals surface area (Å²) in [5.41, 5.74) is -0.185. The molecule has 0 radical (unpaired) electrons. The predicted octanol–water partition coefficient (Wildman–Crippen LogP) is 2.50. The fourth-order valence-electron chi connectivity index (χ4n) is 3.42. The average molecular weight is 472 g/mol. The number of benzene rings is 1. The number of ether oxygens (including phenoxy) is 1. The summed E-state index contributed by atoms with van der Waals surface area (Å²) in [5, 5.41) is -0.335. The second-order valence-corrected chi connectivity index (χ2v) is 9.72. The van der Waals surface area contributed by atoms with Gasteiger partial charge in [-0.05, 0) is 32.4 Å². The largest absolute Gasteiger partial charge is 0.481 e. The Morgan fingerprint density at radius 2 is 1.68 bits per heavy atom. The topological polar surface area (TPSA) is 115 Å². The molecule has 0 unspecified atom stereocenters. The van der Waals surface area contributed by atoms with Crippen molar-refractivity contribution in [2.75, 3.05) is 25.4 Å². The monoisotopic (exact) mass is 471 g/mol. The average Bonchev–Trinajstić information content (AvgIpc) is 2.73. The third kappa shape index (κ3) is 5.33. The van der Waals surface area contributed by atoms with Crippen molar-refractivity contribution in [1.29, 1.82) is 0 Å². The fourth-order valence-corrected chi connectivity index (χ4v) is 4.82. The number of rotatable bonds is 9. The van der Waals surface area contributed by atoms with Gasteiger partial charge in [0, 0.05) is 31.5 Å². The van der Waals surface area contributed by atoms with Crippen LogP contribution in [0.1, 0.15) is 50.4 Å². The van der Waals surface area contributed by atoms with Crippen molar-refractivity contribution in [3.63, 3.8) is 0 Å². The molecule has 1 amide bonds. The van der Waals surface area contributed by atoms with Crippen molar-refractivity contribution in [2.24, 2.45) is 5.92 Å². The molecule has 0 saturated heterocycles. The first kappa shape index (κ1) is 25.0. The van der Waals surface area contributed by atoms with Crippen molar-refractivity contribution in [2.45, 2.75) is 44.9 Å². The molecule has 0 N–H and O–H groups in total. The summed E-state index contributed by atoms with van der Waals surface area (Å²) < 4.78 is 30.6. The Bertz CT molecular complexity index is 983. The van der Waals surface area contributed by atoms with E-state index in [1.807, 2.05) is 0 Å². The minimum absolute atomic E-state index is 0.115. The van der Waals surface area contributed by atoms with E-state index in [-0.39, 0.29) is 45.7 Å². The number of sulfone groups is 1. The zero-order chi connectivity index (χ0) is 23.3. The molecule has 1 aromatic rings. The Kier molecular flexibility index (Phi) is 8.36. The molecule has 0 atom stereocenters. The van der Waals surface area contributed by atoms with Crippen molar-refractivity contribution in [3.05, 3.63) is 22.7 Å². The van der Waals surface area contributed by atoms with Gasteiger partial charge in [-0.15, -0.1) is 0 Å². The molecule has 1 aromatic carbocycles. The second-order valence-electron chi connectivity index (χ2n) is 7.10. The van der Waals surface area contributed by atoms with E-state index in [0.29, 0.717) is 19.5 Å². The van der Waals surface area contributed by atoms with Crippen LogP contribution in [-0.4, -0.2) is 62.0 Å². The minimum Gasteiger partial charge on any atom is -0.481 e. The minimum atomic E-state index is -3.80. The lowest BCUT2D eigenvalue weighted by Crippen LogP contribution is -2.36. The lowest BCUT2D eigenvalue weighted by atomic mass is 9.81. The lowest BCUT2D eigenvalue weighted by molar-refractivity contribution is -0.134. The van der Waals surface area contributed by atoms with E-state index >= 15 is 0 Å². The normalized spacial score (nSPS) is 15.1. The van der Waals surface area contributed by atoms with Gasteiger partial charge in [0.25, 0.3) is 5.91 Å². The van der Waals surface area contributed by atoms with Gasteiger partial charge in [0.1, 0.15) is 10.8 Å². The summed E-state index contributed by atoms with van der Waals surface area (Å²) in [6, 6.07) is 2.34. The number of hydrogen-bond donors (Lipinski definition) is 0. The zero-order valence-corrected chi connectivity index (χ0v) is 19.3. The van der Waals surface area contributed by atoms with Gasteiger partial charge in [0.05, 0.1) is 10.8 Å². The van der Waals surface area contributed by atoms with Gasteiger partial charge in [0.2, 0.25) is 0 Å². The highest BCUT2D eigenvalue weighted by atomic mass is 35.5. The van der Waals surface area contributed by atoms with Crippen LogP contribution in [0.5, 0.6) is 5.75 Å². The third-order valence-corrected chi connectivity index (χ3v) is 7.38. The number of halogens is 1. The van der Waals surface area contributed by atoms with Crippen LogP contribution in [0.25, 0.3) is 0 Å². The molecule has 8 nitrogen and oxygen atoms in total. The number of ketones is 3. The van der Waals surface area contributed by atoms with Crippen LogP contribution in [0.15, 0.2) is 17.0 Å². The Labute approximate surface area is 186 Å². The first-order valence-electron chi connectivity index (χ1n) is 10.1. The first-order valence-corrected chi connectivity index (χ1v) is 12.2. The van der Waals surface area contributed by atoms with Gasteiger partial charge in [-0.25, -0.2) is 8.42 Å². The van der Waals surface area contributed by atoms with Gasteiger partial charge in [-0.2, -0.15) is 0 Å². The highest BCUT2D eigenvalue weighted by Crippen LogP contribution is 2.37. The third-order valence-electron chi connectivity index (χ3n) is 5.25. The summed E-state index contributed by atoms with van der Waals surface area (Å²) in [7, 11) is -3.80. The number of amides is 1. The Morgan fingerprint density at radius 3 is 2.19 bits per heavy atom. The molecule has 170 valence electrons. The quantitative estimate of drug-likeness (QED) is 0.401. The molecular formula is C21H26ClNO7S.